The lowest BCUT2D eigenvalue weighted by Crippen LogP contribution is -2.06. The average Bonchev–Trinajstić information content (AvgIpc) is 2.48. The SMILES string of the molecule is CCCNc1ncc(Br)c(Nc2cccc(F)c2C#N)n1. The molecule has 7 heteroatoms. The molecule has 1 aromatic heterocycles. The van der Waals surface area contributed by atoms with Crippen LogP contribution in [0.1, 0.15) is 18.9 Å². The van der Waals surface area contributed by atoms with E-state index in [4.69, 9.17) is 5.26 Å². The van der Waals surface area contributed by atoms with Crippen LogP contribution in [-0.4, -0.2) is 16.5 Å². The van der Waals surface area contributed by atoms with Crippen molar-refractivity contribution in [3.63, 3.8) is 0 Å². The first kappa shape index (κ1) is 15.2. The standard InChI is InChI=1S/C14H13BrFN5/c1-2-6-18-14-19-8-10(15)13(21-14)20-12-5-3-4-11(16)9(12)7-17/h3-5,8H,2,6H2,1H3,(H2,18,19,20,21). The van der Waals surface area contributed by atoms with E-state index in [-0.39, 0.29) is 5.56 Å². The van der Waals surface area contributed by atoms with Crippen LogP contribution in [0.2, 0.25) is 0 Å². The first-order valence-electron chi connectivity index (χ1n) is 6.37. The summed E-state index contributed by atoms with van der Waals surface area (Å²) in [6.07, 6.45) is 2.54. The van der Waals surface area contributed by atoms with E-state index in [1.807, 2.05) is 13.0 Å². The summed E-state index contributed by atoms with van der Waals surface area (Å²) in [4.78, 5) is 8.43. The van der Waals surface area contributed by atoms with Crippen LogP contribution in [0, 0.1) is 17.1 Å². The van der Waals surface area contributed by atoms with Gasteiger partial charge in [-0.2, -0.15) is 10.2 Å². The highest BCUT2D eigenvalue weighted by atomic mass is 79.9. The molecule has 0 spiro atoms. The van der Waals surface area contributed by atoms with Crippen LogP contribution in [0.4, 0.5) is 21.8 Å². The number of halogens is 2. The quantitative estimate of drug-likeness (QED) is 0.858. The predicted octanol–water partition coefficient (Wildman–Crippen LogP) is 3.82. The number of aromatic nitrogens is 2. The largest absolute Gasteiger partial charge is 0.354 e. The van der Waals surface area contributed by atoms with Gasteiger partial charge < -0.3 is 10.6 Å². The summed E-state index contributed by atoms with van der Waals surface area (Å²) in [6.45, 7) is 2.79. The maximum atomic E-state index is 13.6. The molecule has 0 saturated heterocycles. The van der Waals surface area contributed by atoms with Crippen molar-refractivity contribution in [1.82, 2.24) is 9.97 Å². The molecule has 2 N–H and O–H groups in total. The summed E-state index contributed by atoms with van der Waals surface area (Å²) in [5, 5.41) is 15.0. The molecule has 0 aliphatic carbocycles. The van der Waals surface area contributed by atoms with Crippen LogP contribution in [-0.2, 0) is 0 Å². The van der Waals surface area contributed by atoms with Crippen molar-refractivity contribution < 1.29 is 4.39 Å². The minimum atomic E-state index is -0.572. The van der Waals surface area contributed by atoms with E-state index in [0.29, 0.717) is 21.9 Å². The maximum absolute atomic E-state index is 13.6. The van der Waals surface area contributed by atoms with E-state index in [2.05, 4.69) is 36.5 Å². The minimum Gasteiger partial charge on any atom is -0.354 e. The van der Waals surface area contributed by atoms with Gasteiger partial charge in [0, 0.05) is 12.7 Å². The van der Waals surface area contributed by atoms with Gasteiger partial charge >= 0.3 is 0 Å². The Morgan fingerprint density at radius 1 is 1.43 bits per heavy atom. The number of nitrogens with one attached hydrogen (secondary N) is 2. The number of nitrogens with zero attached hydrogens (tertiary/aromatic N) is 3. The number of anilines is 3. The van der Waals surface area contributed by atoms with E-state index in [0.717, 1.165) is 13.0 Å². The van der Waals surface area contributed by atoms with Gasteiger partial charge in [0.1, 0.15) is 23.3 Å². The molecule has 0 fully saturated rings. The average molecular weight is 350 g/mol. The second kappa shape index (κ2) is 6.99. The van der Waals surface area contributed by atoms with Gasteiger partial charge in [-0.1, -0.05) is 13.0 Å². The highest BCUT2D eigenvalue weighted by Gasteiger charge is 2.11. The normalized spacial score (nSPS) is 10.0. The zero-order chi connectivity index (χ0) is 15.2. The number of hydrogen-bond donors (Lipinski definition) is 2. The van der Waals surface area contributed by atoms with Crippen molar-refractivity contribution in [2.45, 2.75) is 13.3 Å². The highest BCUT2D eigenvalue weighted by Crippen LogP contribution is 2.27. The topological polar surface area (TPSA) is 73.6 Å². The van der Waals surface area contributed by atoms with Gasteiger partial charge in [-0.25, -0.2) is 9.37 Å². The van der Waals surface area contributed by atoms with Crippen molar-refractivity contribution in [3.8, 4) is 6.07 Å². The number of rotatable bonds is 5. The van der Waals surface area contributed by atoms with Crippen molar-refractivity contribution in [3.05, 3.63) is 40.2 Å². The van der Waals surface area contributed by atoms with Crippen molar-refractivity contribution in [1.29, 1.82) is 5.26 Å². The molecule has 0 amide bonds. The summed E-state index contributed by atoms with van der Waals surface area (Å²) in [5.74, 6) is 0.361. The molecule has 1 aromatic carbocycles. The van der Waals surface area contributed by atoms with Crippen LogP contribution in [0.3, 0.4) is 0 Å². The van der Waals surface area contributed by atoms with Crippen molar-refractivity contribution in [2.75, 3.05) is 17.2 Å². The lowest BCUT2D eigenvalue weighted by atomic mass is 10.2. The van der Waals surface area contributed by atoms with Crippen LogP contribution in [0.15, 0.2) is 28.9 Å². The molecule has 0 saturated carbocycles. The second-order valence-corrected chi connectivity index (χ2v) is 5.07. The molecule has 2 aromatic rings. The van der Waals surface area contributed by atoms with Crippen molar-refractivity contribution >= 4 is 33.4 Å². The van der Waals surface area contributed by atoms with E-state index in [1.165, 1.54) is 12.1 Å². The van der Waals surface area contributed by atoms with E-state index < -0.39 is 5.82 Å². The molecule has 0 aliphatic rings. The van der Waals surface area contributed by atoms with Gasteiger partial charge in [0.05, 0.1) is 10.2 Å². The van der Waals surface area contributed by atoms with Gasteiger partial charge in [0.15, 0.2) is 0 Å². The molecule has 0 radical (unpaired) electrons. The van der Waals surface area contributed by atoms with E-state index >= 15 is 0 Å². The van der Waals surface area contributed by atoms with E-state index in [1.54, 1.807) is 12.3 Å². The van der Waals surface area contributed by atoms with Crippen LogP contribution in [0.5, 0.6) is 0 Å². The van der Waals surface area contributed by atoms with Gasteiger partial charge in [0.2, 0.25) is 5.95 Å². The Hall–Kier alpha value is -2.20. The molecule has 108 valence electrons. The Morgan fingerprint density at radius 3 is 2.95 bits per heavy atom. The zero-order valence-electron chi connectivity index (χ0n) is 11.3. The highest BCUT2D eigenvalue weighted by molar-refractivity contribution is 9.10. The zero-order valence-corrected chi connectivity index (χ0v) is 12.9. The third-order valence-corrected chi connectivity index (χ3v) is 3.24. The summed E-state index contributed by atoms with van der Waals surface area (Å²) in [5.41, 5.74) is 0.310. The molecule has 0 atom stereocenters. The number of benzene rings is 1. The number of nitriles is 1. The molecular weight excluding hydrogens is 337 g/mol. The fraction of sp³-hybridized carbons (Fsp3) is 0.214. The Morgan fingerprint density at radius 2 is 2.24 bits per heavy atom. The lowest BCUT2D eigenvalue weighted by molar-refractivity contribution is 0.624. The predicted molar refractivity (Wildman–Crippen MR) is 82.9 cm³/mol. The fourth-order valence-corrected chi connectivity index (χ4v) is 1.94. The first-order valence-corrected chi connectivity index (χ1v) is 7.17. The molecule has 21 heavy (non-hydrogen) atoms. The first-order chi connectivity index (χ1) is 10.2. The third-order valence-electron chi connectivity index (χ3n) is 2.66. The summed E-state index contributed by atoms with van der Waals surface area (Å²) in [7, 11) is 0. The summed E-state index contributed by atoms with van der Waals surface area (Å²) < 4.78 is 14.2. The Kier molecular flexibility index (Phi) is 5.06. The molecule has 1 heterocycles. The summed E-state index contributed by atoms with van der Waals surface area (Å²) in [6, 6.07) is 6.24. The molecule has 0 bridgehead atoms. The molecule has 0 aliphatic heterocycles. The second-order valence-electron chi connectivity index (χ2n) is 4.22. The fourth-order valence-electron chi connectivity index (χ4n) is 1.65. The van der Waals surface area contributed by atoms with Crippen molar-refractivity contribution in [2.24, 2.45) is 0 Å². The molecule has 5 nitrogen and oxygen atoms in total. The Labute approximate surface area is 130 Å². The minimum absolute atomic E-state index is 0.0499. The van der Waals surface area contributed by atoms with Gasteiger partial charge in [-0.3, -0.25) is 0 Å². The third kappa shape index (κ3) is 3.67. The number of hydrogen-bond acceptors (Lipinski definition) is 5. The summed E-state index contributed by atoms with van der Waals surface area (Å²) >= 11 is 3.33. The van der Waals surface area contributed by atoms with E-state index in [9.17, 15) is 4.39 Å². The van der Waals surface area contributed by atoms with Gasteiger partial charge in [-0.15, -0.1) is 0 Å². The molecular formula is C14H13BrFN5. The van der Waals surface area contributed by atoms with Crippen LogP contribution < -0.4 is 10.6 Å². The molecule has 0 unspecified atom stereocenters. The Balaban J connectivity index is 2.31. The van der Waals surface area contributed by atoms with Crippen LogP contribution >= 0.6 is 15.9 Å². The lowest BCUT2D eigenvalue weighted by Gasteiger charge is -2.11. The van der Waals surface area contributed by atoms with Crippen LogP contribution in [0.25, 0.3) is 0 Å². The maximum Gasteiger partial charge on any atom is 0.224 e. The molecule has 2 rings (SSSR count). The van der Waals surface area contributed by atoms with Gasteiger partial charge in [0.25, 0.3) is 0 Å². The monoisotopic (exact) mass is 349 g/mol. The van der Waals surface area contributed by atoms with Gasteiger partial charge in [-0.05, 0) is 34.5 Å². The Bertz CT molecular complexity index is 684. The smallest absolute Gasteiger partial charge is 0.224 e.